The van der Waals surface area contributed by atoms with E-state index in [-0.39, 0.29) is 18.0 Å². The summed E-state index contributed by atoms with van der Waals surface area (Å²) in [5, 5.41) is 0. The number of ether oxygens (including phenoxy) is 1. The molecule has 3 heterocycles. The molecule has 0 radical (unpaired) electrons. The molecule has 1 atom stereocenters. The molecule has 0 bridgehead atoms. The Balaban J connectivity index is 2.07. The van der Waals surface area contributed by atoms with Gasteiger partial charge >= 0.3 is 5.97 Å². The van der Waals surface area contributed by atoms with Gasteiger partial charge in [0.05, 0.1) is 13.4 Å². The molecular weight excluding hydrogens is 260 g/mol. The fourth-order valence-corrected chi connectivity index (χ4v) is 2.61. The van der Waals surface area contributed by atoms with Gasteiger partial charge in [0.1, 0.15) is 11.6 Å². The number of carbonyl (C=O) groups is 1. The van der Waals surface area contributed by atoms with Gasteiger partial charge in [0.2, 0.25) is 5.95 Å². The number of hydrogen-bond donors (Lipinski definition) is 2. The van der Waals surface area contributed by atoms with Crippen LogP contribution in [0.1, 0.15) is 19.3 Å². The van der Waals surface area contributed by atoms with E-state index in [9.17, 15) is 4.79 Å². The van der Waals surface area contributed by atoms with Gasteiger partial charge in [-0.1, -0.05) is 0 Å². The molecule has 8 heteroatoms. The second-order valence-corrected chi connectivity index (χ2v) is 4.73. The molecule has 1 aliphatic rings. The van der Waals surface area contributed by atoms with E-state index in [2.05, 4.69) is 19.9 Å². The van der Waals surface area contributed by atoms with E-state index in [4.69, 9.17) is 10.5 Å². The van der Waals surface area contributed by atoms with Crippen molar-refractivity contribution in [1.29, 1.82) is 0 Å². The Kier molecular flexibility index (Phi) is 3.13. The molecule has 3 N–H and O–H groups in total. The first kappa shape index (κ1) is 12.6. The molecule has 0 spiro atoms. The summed E-state index contributed by atoms with van der Waals surface area (Å²) < 4.78 is 4.88. The minimum Gasteiger partial charge on any atom is -0.467 e. The number of nitrogens with zero attached hydrogens (tertiary/aromatic N) is 4. The summed E-state index contributed by atoms with van der Waals surface area (Å²) in [5.41, 5.74) is 6.92. The molecule has 1 unspecified atom stereocenters. The summed E-state index contributed by atoms with van der Waals surface area (Å²) in [4.78, 5) is 29.3. The average Bonchev–Trinajstić information content (AvgIpc) is 2.93. The van der Waals surface area contributed by atoms with Gasteiger partial charge in [0.25, 0.3) is 0 Å². The van der Waals surface area contributed by atoms with Crippen molar-refractivity contribution in [2.24, 2.45) is 0 Å². The molecule has 3 rings (SSSR count). The number of nitrogens with two attached hydrogens (primary N) is 1. The number of H-pyrrole nitrogens is 1. The van der Waals surface area contributed by atoms with E-state index in [1.165, 1.54) is 7.11 Å². The van der Waals surface area contributed by atoms with Crippen LogP contribution in [-0.4, -0.2) is 45.6 Å². The summed E-state index contributed by atoms with van der Waals surface area (Å²) in [6, 6.07) is -0.338. The Hall–Kier alpha value is -2.38. The Labute approximate surface area is 115 Å². The highest BCUT2D eigenvalue weighted by Crippen LogP contribution is 2.28. The van der Waals surface area contributed by atoms with Gasteiger partial charge in [-0.05, 0) is 19.3 Å². The number of methoxy groups -OCH3 is 1. The Morgan fingerprint density at radius 1 is 1.50 bits per heavy atom. The first-order chi connectivity index (χ1) is 9.70. The SMILES string of the molecule is COC(=O)C1CCCCN1c1nc(N)nc2nc[nH]c12. The standard InChI is InChI=1S/C12H16N6O2/c1-20-11(19)7-4-2-3-5-18(7)10-8-9(15-6-14-8)16-12(13)17-10/h6-7H,2-5H2,1H3,(H3,13,14,15,16,17). The van der Waals surface area contributed by atoms with Gasteiger partial charge in [-0.15, -0.1) is 0 Å². The first-order valence-electron chi connectivity index (χ1n) is 6.52. The molecule has 1 saturated heterocycles. The largest absolute Gasteiger partial charge is 0.467 e. The number of imidazole rings is 1. The van der Waals surface area contributed by atoms with E-state index in [0.29, 0.717) is 17.0 Å². The molecule has 0 amide bonds. The molecule has 0 aliphatic carbocycles. The van der Waals surface area contributed by atoms with Crippen molar-refractivity contribution in [3.8, 4) is 0 Å². The number of rotatable bonds is 2. The molecule has 106 valence electrons. The maximum Gasteiger partial charge on any atom is 0.328 e. The van der Waals surface area contributed by atoms with Crippen LogP contribution in [0.3, 0.4) is 0 Å². The molecular formula is C12H16N6O2. The summed E-state index contributed by atoms with van der Waals surface area (Å²) in [5.74, 6) is 0.503. The van der Waals surface area contributed by atoms with Gasteiger partial charge in [-0.3, -0.25) is 0 Å². The van der Waals surface area contributed by atoms with Gasteiger partial charge in [0, 0.05) is 6.54 Å². The maximum absolute atomic E-state index is 11.9. The highest BCUT2D eigenvalue weighted by Gasteiger charge is 2.32. The molecule has 2 aromatic heterocycles. The fourth-order valence-electron chi connectivity index (χ4n) is 2.61. The number of fused-ring (bicyclic) bond motifs is 1. The maximum atomic E-state index is 11.9. The third-order valence-corrected chi connectivity index (χ3v) is 3.53. The topological polar surface area (TPSA) is 110 Å². The lowest BCUT2D eigenvalue weighted by Gasteiger charge is -2.34. The van der Waals surface area contributed by atoms with Gasteiger partial charge < -0.3 is 20.4 Å². The lowest BCUT2D eigenvalue weighted by Crippen LogP contribution is -2.46. The number of anilines is 2. The van der Waals surface area contributed by atoms with E-state index >= 15 is 0 Å². The fraction of sp³-hybridized carbons (Fsp3) is 0.500. The van der Waals surface area contributed by atoms with Crippen LogP contribution in [-0.2, 0) is 9.53 Å². The van der Waals surface area contributed by atoms with Gasteiger partial charge in [-0.2, -0.15) is 9.97 Å². The number of piperidine rings is 1. The van der Waals surface area contributed by atoms with E-state index in [1.807, 2.05) is 4.90 Å². The zero-order valence-corrected chi connectivity index (χ0v) is 11.2. The molecule has 2 aromatic rings. The van der Waals surface area contributed by atoms with Crippen molar-refractivity contribution in [3.05, 3.63) is 6.33 Å². The molecule has 0 saturated carbocycles. The monoisotopic (exact) mass is 276 g/mol. The van der Waals surface area contributed by atoms with Crippen molar-refractivity contribution in [2.75, 3.05) is 24.3 Å². The van der Waals surface area contributed by atoms with E-state index in [0.717, 1.165) is 25.8 Å². The first-order valence-corrected chi connectivity index (χ1v) is 6.52. The number of nitrogens with one attached hydrogen (secondary N) is 1. The van der Waals surface area contributed by atoms with Crippen molar-refractivity contribution < 1.29 is 9.53 Å². The van der Waals surface area contributed by atoms with Crippen molar-refractivity contribution in [2.45, 2.75) is 25.3 Å². The highest BCUT2D eigenvalue weighted by molar-refractivity contribution is 5.88. The van der Waals surface area contributed by atoms with E-state index < -0.39 is 0 Å². The second kappa shape index (κ2) is 4.95. The average molecular weight is 276 g/mol. The molecule has 1 fully saturated rings. The lowest BCUT2D eigenvalue weighted by molar-refractivity contribution is -0.142. The number of aromatic nitrogens is 4. The highest BCUT2D eigenvalue weighted by atomic mass is 16.5. The minimum atomic E-state index is -0.338. The number of hydrogen-bond acceptors (Lipinski definition) is 7. The zero-order chi connectivity index (χ0) is 14.1. The Morgan fingerprint density at radius 3 is 3.15 bits per heavy atom. The molecule has 20 heavy (non-hydrogen) atoms. The van der Waals surface area contributed by atoms with Crippen LogP contribution < -0.4 is 10.6 Å². The predicted octanol–water partition coefficient (Wildman–Crippen LogP) is 0.467. The molecule has 1 aliphatic heterocycles. The van der Waals surface area contributed by atoms with Crippen molar-refractivity contribution in [1.82, 2.24) is 19.9 Å². The summed E-state index contributed by atoms with van der Waals surface area (Å²) >= 11 is 0. The number of carbonyl (C=O) groups excluding carboxylic acids is 1. The van der Waals surface area contributed by atoms with Crippen LogP contribution in [0.25, 0.3) is 11.2 Å². The van der Waals surface area contributed by atoms with Crippen LogP contribution in [0.15, 0.2) is 6.33 Å². The summed E-state index contributed by atoms with van der Waals surface area (Å²) in [6.07, 6.45) is 4.27. The summed E-state index contributed by atoms with van der Waals surface area (Å²) in [6.45, 7) is 0.727. The van der Waals surface area contributed by atoms with Gasteiger partial charge in [0.15, 0.2) is 11.5 Å². The Bertz CT molecular complexity index is 640. The summed E-state index contributed by atoms with van der Waals surface area (Å²) in [7, 11) is 1.40. The molecule has 8 nitrogen and oxygen atoms in total. The van der Waals surface area contributed by atoms with Crippen molar-refractivity contribution in [3.63, 3.8) is 0 Å². The normalized spacial score (nSPS) is 19.2. The van der Waals surface area contributed by atoms with Gasteiger partial charge in [-0.25, -0.2) is 9.78 Å². The Morgan fingerprint density at radius 2 is 2.35 bits per heavy atom. The third-order valence-electron chi connectivity index (χ3n) is 3.53. The van der Waals surface area contributed by atoms with Crippen molar-refractivity contribution >= 4 is 28.9 Å². The number of esters is 1. The van der Waals surface area contributed by atoms with Crippen LogP contribution in [0.2, 0.25) is 0 Å². The van der Waals surface area contributed by atoms with Crippen LogP contribution in [0.4, 0.5) is 11.8 Å². The zero-order valence-electron chi connectivity index (χ0n) is 11.2. The van der Waals surface area contributed by atoms with E-state index in [1.54, 1.807) is 6.33 Å². The third kappa shape index (κ3) is 2.02. The molecule has 0 aromatic carbocycles. The second-order valence-electron chi connectivity index (χ2n) is 4.73. The van der Waals surface area contributed by atoms with Crippen LogP contribution in [0.5, 0.6) is 0 Å². The number of nitrogen functional groups attached to an aromatic ring is 1. The smallest absolute Gasteiger partial charge is 0.328 e. The predicted molar refractivity (Wildman–Crippen MR) is 73.1 cm³/mol. The number of aromatic amines is 1. The lowest BCUT2D eigenvalue weighted by atomic mass is 10.0. The van der Waals surface area contributed by atoms with Crippen LogP contribution in [0, 0.1) is 0 Å². The minimum absolute atomic E-state index is 0.147. The van der Waals surface area contributed by atoms with Crippen LogP contribution >= 0.6 is 0 Å². The quantitative estimate of drug-likeness (QED) is 0.767.